The zero-order valence-electron chi connectivity index (χ0n) is 15.2. The van der Waals surface area contributed by atoms with Gasteiger partial charge in [0.1, 0.15) is 0 Å². The molecule has 0 aromatic rings. The molecule has 2 aliphatic rings. The van der Waals surface area contributed by atoms with Crippen LogP contribution < -0.4 is 11.1 Å². The van der Waals surface area contributed by atoms with Crippen molar-refractivity contribution >= 4 is 12.1 Å². The topological polar surface area (TPSA) is 83.2 Å². The summed E-state index contributed by atoms with van der Waals surface area (Å²) in [6.07, 6.45) is 4.16. The summed E-state index contributed by atoms with van der Waals surface area (Å²) in [6, 6.07) is 0.287. The second-order valence-corrected chi connectivity index (χ2v) is 6.92. The zero-order chi connectivity index (χ0) is 17.4. The summed E-state index contributed by atoms with van der Waals surface area (Å²) in [5.74, 6) is 1.32. The molecular formula is C17H33N5O2. The van der Waals surface area contributed by atoms with Gasteiger partial charge < -0.3 is 25.6 Å². The molecule has 1 amide bonds. The van der Waals surface area contributed by atoms with Crippen molar-refractivity contribution in [1.29, 1.82) is 0 Å². The second-order valence-electron chi connectivity index (χ2n) is 6.92. The van der Waals surface area contributed by atoms with Gasteiger partial charge in [0.25, 0.3) is 0 Å². The van der Waals surface area contributed by atoms with Gasteiger partial charge in [-0.1, -0.05) is 6.92 Å². The number of amides is 1. The van der Waals surface area contributed by atoms with Crippen molar-refractivity contribution in [2.24, 2.45) is 16.6 Å². The zero-order valence-corrected chi connectivity index (χ0v) is 15.2. The third-order valence-corrected chi connectivity index (χ3v) is 4.81. The Hall–Kier alpha value is -1.50. The molecule has 0 aromatic carbocycles. The fraction of sp³-hybridized carbons (Fsp3) is 0.882. The van der Waals surface area contributed by atoms with E-state index in [1.165, 1.54) is 25.9 Å². The van der Waals surface area contributed by atoms with Crippen LogP contribution in [0.2, 0.25) is 0 Å². The van der Waals surface area contributed by atoms with Crippen molar-refractivity contribution in [2.75, 3.05) is 45.9 Å². The van der Waals surface area contributed by atoms with E-state index >= 15 is 0 Å². The lowest BCUT2D eigenvalue weighted by Crippen LogP contribution is -2.48. The normalized spacial score (nSPS) is 24.0. The molecule has 0 radical (unpaired) electrons. The number of nitrogens with one attached hydrogen (secondary N) is 1. The van der Waals surface area contributed by atoms with Gasteiger partial charge in [-0.05, 0) is 45.1 Å². The maximum Gasteiger partial charge on any atom is 0.409 e. The molecule has 1 unspecified atom stereocenters. The highest BCUT2D eigenvalue weighted by atomic mass is 16.6. The molecule has 0 aliphatic carbocycles. The van der Waals surface area contributed by atoms with Gasteiger partial charge in [-0.3, -0.25) is 4.99 Å². The number of likely N-dealkylation sites (tertiary alicyclic amines) is 2. The Bertz CT molecular complexity index is 421. The summed E-state index contributed by atoms with van der Waals surface area (Å²) in [5.41, 5.74) is 6.00. The Morgan fingerprint density at radius 1 is 1.29 bits per heavy atom. The van der Waals surface area contributed by atoms with Gasteiger partial charge in [-0.25, -0.2) is 4.79 Å². The molecule has 0 saturated carbocycles. The molecule has 0 spiro atoms. The van der Waals surface area contributed by atoms with Crippen LogP contribution in [-0.2, 0) is 4.74 Å². The molecule has 2 rings (SSSR count). The fourth-order valence-electron chi connectivity index (χ4n) is 3.48. The van der Waals surface area contributed by atoms with Crippen LogP contribution in [-0.4, -0.2) is 73.8 Å². The van der Waals surface area contributed by atoms with E-state index in [2.05, 4.69) is 22.1 Å². The van der Waals surface area contributed by atoms with Gasteiger partial charge in [0, 0.05) is 32.2 Å². The highest BCUT2D eigenvalue weighted by Crippen LogP contribution is 2.14. The number of guanidine groups is 1. The van der Waals surface area contributed by atoms with Gasteiger partial charge in [-0.15, -0.1) is 0 Å². The molecule has 24 heavy (non-hydrogen) atoms. The number of hydrogen-bond donors (Lipinski definition) is 2. The average molecular weight is 339 g/mol. The Balaban J connectivity index is 1.63. The number of carbonyl (C=O) groups excluding carboxylic acids is 1. The lowest BCUT2D eigenvalue weighted by molar-refractivity contribution is 0.0963. The van der Waals surface area contributed by atoms with E-state index in [0.717, 1.165) is 31.8 Å². The van der Waals surface area contributed by atoms with Crippen LogP contribution in [0.3, 0.4) is 0 Å². The van der Waals surface area contributed by atoms with Crippen LogP contribution in [0.4, 0.5) is 4.79 Å². The van der Waals surface area contributed by atoms with Crippen LogP contribution in [0.15, 0.2) is 4.99 Å². The molecule has 3 N–H and O–H groups in total. The van der Waals surface area contributed by atoms with Crippen molar-refractivity contribution in [3.63, 3.8) is 0 Å². The molecule has 2 heterocycles. The summed E-state index contributed by atoms with van der Waals surface area (Å²) in [6.45, 7) is 10.1. The van der Waals surface area contributed by atoms with Crippen LogP contribution in [0.25, 0.3) is 0 Å². The number of piperidine rings is 2. The number of carbonyl (C=O) groups is 1. The Morgan fingerprint density at radius 3 is 2.71 bits per heavy atom. The first-order valence-electron chi connectivity index (χ1n) is 9.29. The van der Waals surface area contributed by atoms with E-state index in [9.17, 15) is 4.79 Å². The van der Waals surface area contributed by atoms with Crippen LogP contribution in [0, 0.1) is 5.92 Å². The summed E-state index contributed by atoms with van der Waals surface area (Å²) in [5, 5.41) is 3.29. The van der Waals surface area contributed by atoms with Gasteiger partial charge in [0.05, 0.1) is 13.2 Å². The SMILES string of the molecule is CCOC(=O)N1CCC(NC(N)=NCCN2CCCC(C)C2)CC1. The quantitative estimate of drug-likeness (QED) is 0.582. The van der Waals surface area contributed by atoms with Crippen molar-refractivity contribution in [3.05, 3.63) is 0 Å². The average Bonchev–Trinajstić information content (AvgIpc) is 2.56. The molecule has 138 valence electrons. The minimum absolute atomic E-state index is 0.214. The van der Waals surface area contributed by atoms with Crippen LogP contribution in [0.5, 0.6) is 0 Å². The van der Waals surface area contributed by atoms with Crippen LogP contribution in [0.1, 0.15) is 39.5 Å². The third kappa shape index (κ3) is 6.19. The van der Waals surface area contributed by atoms with Gasteiger partial charge in [0.15, 0.2) is 5.96 Å². The molecule has 2 aliphatic heterocycles. The maximum atomic E-state index is 11.7. The molecule has 2 fully saturated rings. The minimum atomic E-state index is -0.214. The number of hydrogen-bond acceptors (Lipinski definition) is 4. The van der Waals surface area contributed by atoms with Crippen LogP contribution >= 0.6 is 0 Å². The van der Waals surface area contributed by atoms with Crippen molar-refractivity contribution in [2.45, 2.75) is 45.6 Å². The Kier molecular flexibility index (Phi) is 7.62. The lowest BCUT2D eigenvalue weighted by atomic mass is 10.0. The minimum Gasteiger partial charge on any atom is -0.450 e. The van der Waals surface area contributed by atoms with Gasteiger partial charge >= 0.3 is 6.09 Å². The molecule has 0 bridgehead atoms. The Labute approximate surface area is 145 Å². The van der Waals surface area contributed by atoms with Crippen molar-refractivity contribution in [1.82, 2.24) is 15.1 Å². The smallest absolute Gasteiger partial charge is 0.409 e. The molecule has 0 aromatic heterocycles. The van der Waals surface area contributed by atoms with E-state index in [-0.39, 0.29) is 12.1 Å². The molecule has 2 saturated heterocycles. The number of rotatable bonds is 5. The van der Waals surface area contributed by atoms with E-state index in [0.29, 0.717) is 25.7 Å². The first-order chi connectivity index (χ1) is 11.6. The highest BCUT2D eigenvalue weighted by Gasteiger charge is 2.23. The fourth-order valence-corrected chi connectivity index (χ4v) is 3.48. The van der Waals surface area contributed by atoms with Crippen molar-refractivity contribution < 1.29 is 9.53 Å². The van der Waals surface area contributed by atoms with Gasteiger partial charge in [-0.2, -0.15) is 0 Å². The number of nitrogens with two attached hydrogens (primary N) is 1. The van der Waals surface area contributed by atoms with Gasteiger partial charge in [0.2, 0.25) is 0 Å². The Morgan fingerprint density at radius 2 is 2.04 bits per heavy atom. The standard InChI is InChI=1S/C17H33N5O2/c1-3-24-17(23)22-10-6-15(7-11-22)20-16(18)19-8-12-21-9-4-5-14(2)13-21/h14-15H,3-13H2,1-2H3,(H3,18,19,20). The molecular weight excluding hydrogens is 306 g/mol. The summed E-state index contributed by atoms with van der Waals surface area (Å²) < 4.78 is 5.03. The monoisotopic (exact) mass is 339 g/mol. The predicted octanol–water partition coefficient (Wildman–Crippen LogP) is 1.24. The predicted molar refractivity (Wildman–Crippen MR) is 96.1 cm³/mol. The van der Waals surface area contributed by atoms with E-state index in [1.54, 1.807) is 4.90 Å². The summed E-state index contributed by atoms with van der Waals surface area (Å²) in [7, 11) is 0. The third-order valence-electron chi connectivity index (χ3n) is 4.81. The number of nitrogens with zero attached hydrogens (tertiary/aromatic N) is 3. The van der Waals surface area contributed by atoms with E-state index < -0.39 is 0 Å². The van der Waals surface area contributed by atoms with E-state index in [1.807, 2.05) is 6.92 Å². The lowest BCUT2D eigenvalue weighted by Gasteiger charge is -2.32. The number of aliphatic imine (C=N–C) groups is 1. The summed E-state index contributed by atoms with van der Waals surface area (Å²) >= 11 is 0. The second kappa shape index (κ2) is 9.71. The largest absolute Gasteiger partial charge is 0.450 e. The molecule has 1 atom stereocenters. The first-order valence-corrected chi connectivity index (χ1v) is 9.29. The highest BCUT2D eigenvalue weighted by molar-refractivity contribution is 5.78. The molecule has 7 nitrogen and oxygen atoms in total. The number of ether oxygens (including phenoxy) is 1. The van der Waals surface area contributed by atoms with E-state index in [4.69, 9.17) is 10.5 Å². The maximum absolute atomic E-state index is 11.7. The first kappa shape index (κ1) is 18.8. The van der Waals surface area contributed by atoms with Crippen molar-refractivity contribution in [3.8, 4) is 0 Å². The molecule has 7 heteroatoms. The summed E-state index contributed by atoms with van der Waals surface area (Å²) in [4.78, 5) is 20.4.